The first-order valence-electron chi connectivity index (χ1n) is 10.4. The Balaban J connectivity index is 1.80. The van der Waals surface area contributed by atoms with E-state index in [4.69, 9.17) is 0 Å². The van der Waals surface area contributed by atoms with E-state index in [0.29, 0.717) is 18.0 Å². The molecule has 6 nitrogen and oxygen atoms in total. The lowest BCUT2D eigenvalue weighted by Gasteiger charge is -2.20. The lowest BCUT2D eigenvalue weighted by atomic mass is 10.0. The molecule has 31 heavy (non-hydrogen) atoms. The fraction of sp³-hybridized carbons (Fsp3) is 0.391. The molecule has 2 aromatic carbocycles. The van der Waals surface area contributed by atoms with E-state index in [2.05, 4.69) is 28.9 Å². The SMILES string of the molecule is Cc1nc2ccc(S(=O)(=O)NC(CC(C)C)C(=O)Nc3ccc(C(C)C)cc3)cc2s1. The monoisotopic (exact) mass is 459 g/mol. The van der Waals surface area contributed by atoms with E-state index in [9.17, 15) is 13.2 Å². The highest BCUT2D eigenvalue weighted by atomic mass is 32.2. The van der Waals surface area contributed by atoms with Crippen molar-refractivity contribution in [2.45, 2.75) is 57.9 Å². The van der Waals surface area contributed by atoms with Crippen LogP contribution in [0.3, 0.4) is 0 Å². The third kappa shape index (κ3) is 5.90. The molecule has 0 spiro atoms. The summed E-state index contributed by atoms with van der Waals surface area (Å²) >= 11 is 1.44. The van der Waals surface area contributed by atoms with Gasteiger partial charge in [-0.25, -0.2) is 13.4 Å². The number of carbonyl (C=O) groups excluding carboxylic acids is 1. The van der Waals surface area contributed by atoms with Crippen LogP contribution >= 0.6 is 11.3 Å². The van der Waals surface area contributed by atoms with Gasteiger partial charge < -0.3 is 5.32 Å². The minimum absolute atomic E-state index is 0.131. The molecule has 0 radical (unpaired) electrons. The Kier molecular flexibility index (Phi) is 7.13. The summed E-state index contributed by atoms with van der Waals surface area (Å²) in [5, 5.41) is 3.72. The molecule has 1 atom stereocenters. The Labute approximate surface area is 188 Å². The van der Waals surface area contributed by atoms with Gasteiger partial charge in [-0.15, -0.1) is 11.3 Å². The van der Waals surface area contributed by atoms with Crippen molar-refractivity contribution >= 4 is 43.2 Å². The van der Waals surface area contributed by atoms with Gasteiger partial charge >= 0.3 is 0 Å². The van der Waals surface area contributed by atoms with E-state index in [-0.39, 0.29) is 16.7 Å². The predicted octanol–water partition coefficient (Wildman–Crippen LogP) is 5.06. The Morgan fingerprint density at radius 1 is 1.06 bits per heavy atom. The molecule has 0 aliphatic carbocycles. The molecule has 2 N–H and O–H groups in total. The van der Waals surface area contributed by atoms with E-state index in [1.165, 1.54) is 23.0 Å². The predicted molar refractivity (Wildman–Crippen MR) is 127 cm³/mol. The molecule has 0 aliphatic rings. The van der Waals surface area contributed by atoms with Crippen LogP contribution in [0.4, 0.5) is 5.69 Å². The van der Waals surface area contributed by atoms with Gasteiger partial charge in [-0.3, -0.25) is 4.79 Å². The van der Waals surface area contributed by atoms with Gasteiger partial charge in [-0.2, -0.15) is 4.72 Å². The molecule has 1 unspecified atom stereocenters. The second-order valence-corrected chi connectivity index (χ2v) is 11.4. The van der Waals surface area contributed by atoms with Gasteiger partial charge in [0.05, 0.1) is 20.1 Å². The molecule has 0 aliphatic heterocycles. The van der Waals surface area contributed by atoms with Crippen molar-refractivity contribution in [3.63, 3.8) is 0 Å². The fourth-order valence-corrected chi connectivity index (χ4v) is 5.48. The fourth-order valence-electron chi connectivity index (χ4n) is 3.30. The Morgan fingerprint density at radius 2 is 1.74 bits per heavy atom. The summed E-state index contributed by atoms with van der Waals surface area (Å²) < 4.78 is 29.5. The first kappa shape index (κ1) is 23.4. The van der Waals surface area contributed by atoms with Crippen molar-refractivity contribution in [2.75, 3.05) is 5.32 Å². The van der Waals surface area contributed by atoms with Gasteiger partial charge in [0.1, 0.15) is 6.04 Å². The molecular weight excluding hydrogens is 430 g/mol. The molecule has 3 aromatic rings. The van der Waals surface area contributed by atoms with Crippen molar-refractivity contribution in [2.24, 2.45) is 5.92 Å². The zero-order valence-corrected chi connectivity index (χ0v) is 20.1. The highest BCUT2D eigenvalue weighted by Gasteiger charge is 2.27. The number of anilines is 1. The number of hydrogen-bond donors (Lipinski definition) is 2. The van der Waals surface area contributed by atoms with E-state index in [1.54, 1.807) is 12.1 Å². The van der Waals surface area contributed by atoms with Crippen LogP contribution in [0.15, 0.2) is 47.4 Å². The molecule has 0 fully saturated rings. The van der Waals surface area contributed by atoms with Gasteiger partial charge in [0, 0.05) is 5.69 Å². The first-order chi connectivity index (χ1) is 14.5. The highest BCUT2D eigenvalue weighted by molar-refractivity contribution is 7.89. The number of nitrogens with one attached hydrogen (secondary N) is 2. The summed E-state index contributed by atoms with van der Waals surface area (Å²) in [4.78, 5) is 17.4. The normalized spacial score (nSPS) is 13.1. The Morgan fingerprint density at radius 3 is 2.35 bits per heavy atom. The van der Waals surface area contributed by atoms with Crippen molar-refractivity contribution < 1.29 is 13.2 Å². The van der Waals surface area contributed by atoms with Crippen LogP contribution in [0.25, 0.3) is 10.2 Å². The molecule has 1 aromatic heterocycles. The standard InChI is InChI=1S/C23H29N3O3S2/c1-14(2)12-21(23(27)25-18-8-6-17(7-9-18)15(3)4)26-31(28,29)19-10-11-20-22(13-19)30-16(5)24-20/h6-11,13-15,21,26H,12H2,1-5H3,(H,25,27). The van der Waals surface area contributed by atoms with Crippen molar-refractivity contribution in [3.8, 4) is 0 Å². The van der Waals surface area contributed by atoms with E-state index in [1.807, 2.05) is 45.0 Å². The second kappa shape index (κ2) is 9.46. The van der Waals surface area contributed by atoms with E-state index >= 15 is 0 Å². The Bertz CT molecular complexity index is 1170. The molecule has 1 heterocycles. The lowest BCUT2D eigenvalue weighted by molar-refractivity contribution is -0.118. The lowest BCUT2D eigenvalue weighted by Crippen LogP contribution is -2.44. The van der Waals surface area contributed by atoms with Crippen LogP contribution < -0.4 is 10.0 Å². The van der Waals surface area contributed by atoms with Crippen LogP contribution in [-0.2, 0) is 14.8 Å². The zero-order valence-electron chi connectivity index (χ0n) is 18.5. The third-order valence-corrected chi connectivity index (χ3v) is 7.35. The number of carbonyl (C=O) groups is 1. The average Bonchev–Trinajstić information content (AvgIpc) is 3.06. The minimum Gasteiger partial charge on any atom is -0.325 e. The molecular formula is C23H29N3O3S2. The van der Waals surface area contributed by atoms with Crippen molar-refractivity contribution in [1.29, 1.82) is 0 Å². The molecule has 0 saturated carbocycles. The van der Waals surface area contributed by atoms with Crippen LogP contribution in [0, 0.1) is 12.8 Å². The molecule has 0 bridgehead atoms. The topological polar surface area (TPSA) is 88.2 Å². The molecule has 0 saturated heterocycles. The summed E-state index contributed by atoms with van der Waals surface area (Å²) in [5.74, 6) is 0.155. The summed E-state index contributed by atoms with van der Waals surface area (Å²) in [6, 6.07) is 11.6. The minimum atomic E-state index is -3.87. The average molecular weight is 460 g/mol. The largest absolute Gasteiger partial charge is 0.325 e. The van der Waals surface area contributed by atoms with Crippen LogP contribution in [0.5, 0.6) is 0 Å². The first-order valence-corrected chi connectivity index (χ1v) is 12.7. The van der Waals surface area contributed by atoms with Crippen LogP contribution in [-0.4, -0.2) is 25.4 Å². The maximum Gasteiger partial charge on any atom is 0.242 e. The van der Waals surface area contributed by atoms with Gasteiger partial charge in [0.25, 0.3) is 0 Å². The van der Waals surface area contributed by atoms with Gasteiger partial charge in [-0.05, 0) is 61.1 Å². The van der Waals surface area contributed by atoms with E-state index < -0.39 is 16.1 Å². The molecule has 3 rings (SSSR count). The number of hydrogen-bond acceptors (Lipinski definition) is 5. The third-order valence-electron chi connectivity index (χ3n) is 4.94. The maximum atomic E-state index is 13.0. The van der Waals surface area contributed by atoms with Gasteiger partial charge in [0.2, 0.25) is 15.9 Å². The summed E-state index contributed by atoms with van der Waals surface area (Å²) in [7, 11) is -3.87. The number of aryl methyl sites for hydroxylation is 1. The number of amides is 1. The van der Waals surface area contributed by atoms with Crippen molar-refractivity contribution in [1.82, 2.24) is 9.71 Å². The van der Waals surface area contributed by atoms with E-state index in [0.717, 1.165) is 15.2 Å². The molecule has 166 valence electrons. The molecule has 8 heteroatoms. The van der Waals surface area contributed by atoms with Gasteiger partial charge in [-0.1, -0.05) is 39.8 Å². The summed E-state index contributed by atoms with van der Waals surface area (Å²) in [5.41, 5.74) is 2.58. The summed E-state index contributed by atoms with van der Waals surface area (Å²) in [6.07, 6.45) is 0.386. The summed E-state index contributed by atoms with van der Waals surface area (Å²) in [6.45, 7) is 10.0. The Hall–Kier alpha value is -2.29. The highest BCUT2D eigenvalue weighted by Crippen LogP contribution is 2.25. The quantitative estimate of drug-likeness (QED) is 0.493. The molecule has 1 amide bonds. The number of sulfonamides is 1. The number of nitrogens with zero attached hydrogens (tertiary/aromatic N) is 1. The van der Waals surface area contributed by atoms with Crippen LogP contribution in [0.2, 0.25) is 0 Å². The van der Waals surface area contributed by atoms with Crippen molar-refractivity contribution in [3.05, 3.63) is 53.0 Å². The maximum absolute atomic E-state index is 13.0. The zero-order chi connectivity index (χ0) is 22.8. The van der Waals surface area contributed by atoms with Gasteiger partial charge in [0.15, 0.2) is 0 Å². The number of fused-ring (bicyclic) bond motifs is 1. The second-order valence-electron chi connectivity index (χ2n) is 8.43. The number of benzene rings is 2. The number of rotatable bonds is 8. The number of thiazole rings is 1. The van der Waals surface area contributed by atoms with Crippen LogP contribution in [0.1, 0.15) is 50.6 Å². The number of aromatic nitrogens is 1. The smallest absolute Gasteiger partial charge is 0.242 e.